The number of aromatic nitrogens is 1. The summed E-state index contributed by atoms with van der Waals surface area (Å²) in [6, 6.07) is 5.50. The summed E-state index contributed by atoms with van der Waals surface area (Å²) >= 11 is 0. The second-order valence-corrected chi connectivity index (χ2v) is 8.79. The summed E-state index contributed by atoms with van der Waals surface area (Å²) in [6.45, 7) is 6.57. The van der Waals surface area contributed by atoms with Crippen molar-refractivity contribution in [3.63, 3.8) is 0 Å². The predicted molar refractivity (Wildman–Crippen MR) is 59.2 cm³/mol. The van der Waals surface area contributed by atoms with Gasteiger partial charge in [-0.15, -0.1) is 5.54 Å². The van der Waals surface area contributed by atoms with Crippen LogP contribution in [0.25, 0.3) is 0 Å². The van der Waals surface area contributed by atoms with Crippen molar-refractivity contribution in [1.82, 2.24) is 4.98 Å². The third kappa shape index (κ3) is 3.43. The molecule has 0 atom stereocenters. The topological polar surface area (TPSA) is 36.7 Å². The van der Waals surface area contributed by atoms with Crippen LogP contribution < -0.4 is 0 Å². The van der Waals surface area contributed by atoms with Gasteiger partial charge >= 0.3 is 0 Å². The van der Waals surface area contributed by atoms with Crippen LogP contribution in [0.1, 0.15) is 11.3 Å². The zero-order valence-corrected chi connectivity index (χ0v) is 9.63. The third-order valence-electron chi connectivity index (χ3n) is 1.46. The van der Waals surface area contributed by atoms with E-state index < -0.39 is 8.07 Å². The number of pyridine rings is 1. The fraction of sp³-hybridized carbons (Fsp3) is 0.273. The number of nitriles is 1. The molecule has 0 radical (unpaired) electrons. The average molecular weight is 200 g/mol. The molecule has 1 heterocycles. The largest absolute Gasteiger partial charge is 0.244 e. The van der Waals surface area contributed by atoms with E-state index >= 15 is 0 Å². The second kappa shape index (κ2) is 4.08. The highest BCUT2D eigenvalue weighted by Crippen LogP contribution is 2.00. The molecule has 0 spiro atoms. The molecule has 70 valence electrons. The summed E-state index contributed by atoms with van der Waals surface area (Å²) in [5.74, 6) is 3.08. The number of nitrogens with zero attached hydrogens (tertiary/aromatic N) is 2. The minimum atomic E-state index is -1.32. The van der Waals surface area contributed by atoms with Crippen LogP contribution in [-0.4, -0.2) is 13.1 Å². The van der Waals surface area contributed by atoms with Gasteiger partial charge in [0, 0.05) is 11.8 Å². The van der Waals surface area contributed by atoms with Gasteiger partial charge in [-0.05, 0) is 12.1 Å². The van der Waals surface area contributed by atoms with Crippen molar-refractivity contribution < 1.29 is 0 Å². The van der Waals surface area contributed by atoms with Crippen molar-refractivity contribution in [3.8, 4) is 17.5 Å². The van der Waals surface area contributed by atoms with Crippen LogP contribution in [0.4, 0.5) is 0 Å². The quantitative estimate of drug-likeness (QED) is 0.475. The first-order chi connectivity index (χ1) is 6.51. The number of hydrogen-bond donors (Lipinski definition) is 0. The molecule has 0 aliphatic carbocycles. The Morgan fingerprint density at radius 2 is 2.00 bits per heavy atom. The maximum atomic E-state index is 8.55. The summed E-state index contributed by atoms with van der Waals surface area (Å²) in [4.78, 5) is 3.95. The summed E-state index contributed by atoms with van der Waals surface area (Å²) in [5.41, 5.74) is 4.56. The van der Waals surface area contributed by atoms with Gasteiger partial charge in [-0.25, -0.2) is 4.98 Å². The molecular formula is C11H12N2Si. The van der Waals surface area contributed by atoms with Crippen molar-refractivity contribution in [2.45, 2.75) is 19.6 Å². The van der Waals surface area contributed by atoms with Crippen LogP contribution in [0.15, 0.2) is 18.3 Å². The Balaban J connectivity index is 2.89. The van der Waals surface area contributed by atoms with Crippen LogP contribution >= 0.6 is 0 Å². The number of hydrogen-bond acceptors (Lipinski definition) is 2. The minimum absolute atomic E-state index is 0.434. The standard InChI is InChI=1S/C11H12N2Si/c1-14(2,3)7-6-10-4-5-11(8-12)13-9-10/h4-5,9H,1-3H3. The molecule has 1 aromatic rings. The molecule has 0 N–H and O–H groups in total. The average Bonchev–Trinajstić information content (AvgIpc) is 2.14. The van der Waals surface area contributed by atoms with Gasteiger partial charge in [-0.3, -0.25) is 0 Å². The Kier molecular flexibility index (Phi) is 3.06. The van der Waals surface area contributed by atoms with Crippen LogP contribution in [0.3, 0.4) is 0 Å². The van der Waals surface area contributed by atoms with Gasteiger partial charge in [0.2, 0.25) is 0 Å². The van der Waals surface area contributed by atoms with E-state index in [1.165, 1.54) is 0 Å². The smallest absolute Gasteiger partial charge is 0.140 e. The fourth-order valence-corrected chi connectivity index (χ4v) is 1.31. The number of rotatable bonds is 0. The highest BCUT2D eigenvalue weighted by Gasteiger charge is 2.07. The van der Waals surface area contributed by atoms with Crippen molar-refractivity contribution in [2.24, 2.45) is 0 Å². The molecule has 0 saturated heterocycles. The Labute approximate surface area is 85.6 Å². The van der Waals surface area contributed by atoms with E-state index in [0.29, 0.717) is 5.69 Å². The minimum Gasteiger partial charge on any atom is -0.244 e. The lowest BCUT2D eigenvalue weighted by molar-refractivity contribution is 1.25. The Morgan fingerprint density at radius 1 is 1.29 bits per heavy atom. The first kappa shape index (κ1) is 10.5. The molecule has 3 heteroatoms. The van der Waals surface area contributed by atoms with Crippen LogP contribution in [0, 0.1) is 22.8 Å². The maximum Gasteiger partial charge on any atom is 0.140 e. The van der Waals surface area contributed by atoms with Crippen molar-refractivity contribution in [1.29, 1.82) is 5.26 Å². The maximum absolute atomic E-state index is 8.55. The van der Waals surface area contributed by atoms with Crippen molar-refractivity contribution >= 4 is 8.07 Å². The van der Waals surface area contributed by atoms with E-state index in [-0.39, 0.29) is 0 Å². The van der Waals surface area contributed by atoms with E-state index in [1.54, 1.807) is 12.3 Å². The monoisotopic (exact) mass is 200 g/mol. The molecule has 0 amide bonds. The molecule has 1 aromatic heterocycles. The molecule has 0 saturated carbocycles. The summed E-state index contributed by atoms with van der Waals surface area (Å²) in [6.07, 6.45) is 1.64. The molecule has 0 aliphatic rings. The Hall–Kier alpha value is -1.58. The van der Waals surface area contributed by atoms with Crippen LogP contribution in [0.2, 0.25) is 19.6 Å². The van der Waals surface area contributed by atoms with E-state index in [2.05, 4.69) is 36.1 Å². The molecule has 0 aliphatic heterocycles. The lowest BCUT2D eigenvalue weighted by atomic mass is 10.3. The van der Waals surface area contributed by atoms with Gasteiger partial charge in [0.15, 0.2) is 0 Å². The molecule has 14 heavy (non-hydrogen) atoms. The molecule has 0 bridgehead atoms. The third-order valence-corrected chi connectivity index (χ3v) is 2.33. The van der Waals surface area contributed by atoms with Gasteiger partial charge in [-0.1, -0.05) is 25.6 Å². The van der Waals surface area contributed by atoms with E-state index in [9.17, 15) is 0 Å². The molecule has 2 nitrogen and oxygen atoms in total. The van der Waals surface area contributed by atoms with Crippen LogP contribution in [0.5, 0.6) is 0 Å². The summed E-state index contributed by atoms with van der Waals surface area (Å²) in [7, 11) is -1.32. The van der Waals surface area contributed by atoms with Gasteiger partial charge in [0.05, 0.1) is 0 Å². The normalized spacial score (nSPS) is 9.86. The highest BCUT2D eigenvalue weighted by atomic mass is 28.3. The fourth-order valence-electron chi connectivity index (χ4n) is 0.794. The van der Waals surface area contributed by atoms with E-state index in [1.807, 2.05) is 12.1 Å². The SMILES string of the molecule is C[Si](C)(C)C#Cc1ccc(C#N)nc1. The molecule has 0 aromatic carbocycles. The van der Waals surface area contributed by atoms with Gasteiger partial charge in [-0.2, -0.15) is 5.26 Å². The Morgan fingerprint density at radius 3 is 2.43 bits per heavy atom. The summed E-state index contributed by atoms with van der Waals surface area (Å²) < 4.78 is 0. The van der Waals surface area contributed by atoms with Crippen molar-refractivity contribution in [2.75, 3.05) is 0 Å². The first-order valence-corrected chi connectivity index (χ1v) is 7.90. The van der Waals surface area contributed by atoms with Crippen LogP contribution in [-0.2, 0) is 0 Å². The Bertz CT molecular complexity index is 410. The lowest BCUT2D eigenvalue weighted by Gasteiger charge is -2.02. The zero-order valence-electron chi connectivity index (χ0n) is 8.63. The zero-order chi connectivity index (χ0) is 10.6. The van der Waals surface area contributed by atoms with Crippen molar-refractivity contribution in [3.05, 3.63) is 29.6 Å². The lowest BCUT2D eigenvalue weighted by Crippen LogP contribution is -2.16. The predicted octanol–water partition coefficient (Wildman–Crippen LogP) is 2.18. The first-order valence-electron chi connectivity index (χ1n) is 4.40. The van der Waals surface area contributed by atoms with Gasteiger partial charge in [0.25, 0.3) is 0 Å². The molecule has 0 fully saturated rings. The molecule has 1 rings (SSSR count). The van der Waals surface area contributed by atoms with E-state index in [4.69, 9.17) is 5.26 Å². The van der Waals surface area contributed by atoms with E-state index in [0.717, 1.165) is 5.56 Å². The highest BCUT2D eigenvalue weighted by molar-refractivity contribution is 6.83. The molecule has 0 unspecified atom stereocenters. The molecular weight excluding hydrogens is 188 g/mol. The van der Waals surface area contributed by atoms with Gasteiger partial charge < -0.3 is 0 Å². The second-order valence-electron chi connectivity index (χ2n) is 4.04. The summed E-state index contributed by atoms with van der Waals surface area (Å²) in [5, 5.41) is 8.55. The van der Waals surface area contributed by atoms with Gasteiger partial charge in [0.1, 0.15) is 19.8 Å².